The molecule has 0 saturated carbocycles. The molecule has 1 nitrogen and oxygen atoms in total. The molecule has 1 N–H and O–H groups in total. The van der Waals surface area contributed by atoms with Gasteiger partial charge in [-0.15, -0.1) is 5.54 Å². The van der Waals surface area contributed by atoms with Gasteiger partial charge < -0.3 is 5.11 Å². The summed E-state index contributed by atoms with van der Waals surface area (Å²) in [5.41, 5.74) is 19.5. The Bertz CT molecular complexity index is 2130. The van der Waals surface area contributed by atoms with Crippen LogP contribution in [-0.2, 0) is 0 Å². The number of rotatable bonds is 1. The maximum Gasteiger partial charge on any atom is 0.129 e. The fraction of sp³-hybridized carbons (Fsp3) is 0.150. The topological polar surface area (TPSA) is 20.2 Å². The zero-order valence-corrected chi connectivity index (χ0v) is 25.0. The third kappa shape index (κ3) is 3.08. The van der Waals surface area contributed by atoms with Crippen LogP contribution < -0.4 is 0 Å². The summed E-state index contributed by atoms with van der Waals surface area (Å²) in [6.45, 7) is 6.89. The van der Waals surface area contributed by atoms with E-state index in [1.54, 1.807) is 0 Å². The quantitative estimate of drug-likeness (QED) is 0.122. The van der Waals surface area contributed by atoms with Gasteiger partial charge in [-0.1, -0.05) is 129 Å². The molecule has 0 fully saturated rings. The SMILES string of the molecule is C[Si](C)(C)C#Cc1c2c(c3c(-c4ccccc4)c4c(c5c3c1-c1ccccc1-5)C1C=CC4C=C1)-c1ccccc1C2O. The lowest BCUT2D eigenvalue weighted by atomic mass is 9.69. The van der Waals surface area contributed by atoms with Crippen LogP contribution in [0.4, 0.5) is 0 Å². The number of hydrogen-bond donors (Lipinski definition) is 1. The molecule has 0 radical (unpaired) electrons. The molecule has 5 aromatic carbocycles. The van der Waals surface area contributed by atoms with Crippen molar-refractivity contribution in [2.24, 2.45) is 0 Å². The molecule has 0 aliphatic heterocycles. The van der Waals surface area contributed by atoms with Gasteiger partial charge in [0.1, 0.15) is 14.2 Å². The maximum atomic E-state index is 12.1. The average molecular weight is 555 g/mol. The van der Waals surface area contributed by atoms with Gasteiger partial charge in [-0.05, 0) is 61.0 Å². The zero-order valence-electron chi connectivity index (χ0n) is 24.0. The fourth-order valence-corrected chi connectivity index (χ4v) is 8.42. The molecule has 0 saturated heterocycles. The zero-order chi connectivity index (χ0) is 28.3. The van der Waals surface area contributed by atoms with Crippen molar-refractivity contribution >= 4 is 18.8 Å². The molecule has 5 aliphatic rings. The van der Waals surface area contributed by atoms with Crippen LogP contribution in [0.1, 0.15) is 45.8 Å². The van der Waals surface area contributed by atoms with Crippen molar-refractivity contribution in [3.05, 3.63) is 131 Å². The van der Waals surface area contributed by atoms with Crippen LogP contribution in [0.2, 0.25) is 19.6 Å². The van der Waals surface area contributed by atoms with Crippen molar-refractivity contribution < 1.29 is 5.11 Å². The number of benzene rings is 5. The molecule has 0 spiro atoms. The smallest absolute Gasteiger partial charge is 0.129 e. The number of allylic oxidation sites excluding steroid dienone is 4. The minimum Gasteiger partial charge on any atom is -0.384 e. The minimum absolute atomic E-state index is 0.223. The second-order valence-corrected chi connectivity index (χ2v) is 17.8. The van der Waals surface area contributed by atoms with Crippen molar-refractivity contribution in [3.8, 4) is 56.0 Å². The molecular weight excluding hydrogens is 525 g/mol. The van der Waals surface area contributed by atoms with Gasteiger partial charge in [0.25, 0.3) is 0 Å². The van der Waals surface area contributed by atoms with Crippen LogP contribution in [-0.4, -0.2) is 13.2 Å². The Morgan fingerprint density at radius 2 is 1.10 bits per heavy atom. The van der Waals surface area contributed by atoms with Crippen LogP contribution in [0.3, 0.4) is 0 Å². The van der Waals surface area contributed by atoms with Gasteiger partial charge in [-0.25, -0.2) is 0 Å². The lowest BCUT2D eigenvalue weighted by molar-refractivity contribution is 0.225. The first-order valence-electron chi connectivity index (χ1n) is 15.0. The second kappa shape index (κ2) is 8.32. The lowest BCUT2D eigenvalue weighted by Crippen LogP contribution is -2.17. The first-order valence-corrected chi connectivity index (χ1v) is 18.5. The van der Waals surface area contributed by atoms with Gasteiger partial charge in [-0.3, -0.25) is 0 Å². The highest BCUT2D eigenvalue weighted by molar-refractivity contribution is 6.83. The Labute approximate surface area is 247 Å². The molecule has 1 atom stereocenters. The van der Waals surface area contributed by atoms with Gasteiger partial charge >= 0.3 is 0 Å². The summed E-state index contributed by atoms with van der Waals surface area (Å²) in [4.78, 5) is 0. The molecule has 5 aliphatic carbocycles. The molecular formula is C40H30OSi. The average Bonchev–Trinajstić information content (AvgIpc) is 3.51. The molecule has 42 heavy (non-hydrogen) atoms. The molecule has 5 aromatic rings. The van der Waals surface area contributed by atoms with Crippen molar-refractivity contribution in [1.82, 2.24) is 0 Å². The van der Waals surface area contributed by atoms with E-state index in [0.717, 1.165) is 22.3 Å². The number of hydrogen-bond acceptors (Lipinski definition) is 1. The van der Waals surface area contributed by atoms with E-state index in [2.05, 4.69) is 128 Å². The van der Waals surface area contributed by atoms with Gasteiger partial charge in [0.15, 0.2) is 0 Å². The van der Waals surface area contributed by atoms with Gasteiger partial charge in [-0.2, -0.15) is 0 Å². The van der Waals surface area contributed by atoms with Crippen molar-refractivity contribution in [1.29, 1.82) is 0 Å². The normalized spacial score (nSPS) is 19.8. The highest BCUT2D eigenvalue weighted by Gasteiger charge is 2.42. The maximum absolute atomic E-state index is 12.1. The summed E-state index contributed by atoms with van der Waals surface area (Å²) in [5, 5.41) is 14.7. The number of aliphatic hydroxyl groups excluding tert-OH is 1. The molecule has 0 amide bonds. The standard InChI is InChI=1S/C40H30OSi/c1-42(2,3)22-21-30-34-26-13-7-8-14-27(26)35-32-25-19-17-24(18-20-25)31(32)33(23-11-5-4-6-12-23)38(39(34)35)36-28-15-9-10-16-29(28)40(41)37(30)36/h4-20,24-25,40-41H,1-3H3. The highest BCUT2D eigenvalue weighted by Crippen LogP contribution is 2.63. The summed E-state index contributed by atoms with van der Waals surface area (Å²) in [6, 6.07) is 28.3. The Morgan fingerprint density at radius 1 is 0.571 bits per heavy atom. The number of fused-ring (bicyclic) bond motifs is 7. The lowest BCUT2D eigenvalue weighted by Gasteiger charge is -2.34. The molecule has 10 rings (SSSR count). The Balaban J connectivity index is 1.60. The molecule has 0 aromatic heterocycles. The third-order valence-corrected chi connectivity index (χ3v) is 10.3. The van der Waals surface area contributed by atoms with E-state index >= 15 is 0 Å². The van der Waals surface area contributed by atoms with Gasteiger partial charge in [0, 0.05) is 33.9 Å². The van der Waals surface area contributed by atoms with E-state index in [0.29, 0.717) is 0 Å². The highest BCUT2D eigenvalue weighted by atomic mass is 28.3. The summed E-state index contributed by atoms with van der Waals surface area (Å²) in [5.74, 6) is 4.20. The Hall–Kier alpha value is -4.42. The first kappa shape index (κ1) is 24.2. The third-order valence-electron chi connectivity index (χ3n) is 9.47. The minimum atomic E-state index is -1.71. The van der Waals surface area contributed by atoms with Crippen molar-refractivity contribution in [3.63, 3.8) is 0 Å². The first-order chi connectivity index (χ1) is 20.4. The van der Waals surface area contributed by atoms with Crippen LogP contribution in [0.15, 0.2) is 103 Å². The van der Waals surface area contributed by atoms with Crippen molar-refractivity contribution in [2.75, 3.05) is 0 Å². The Kier molecular flexibility index (Phi) is 4.80. The molecule has 0 heterocycles. The molecule has 1 unspecified atom stereocenters. The van der Waals surface area contributed by atoms with E-state index < -0.39 is 14.2 Å². The summed E-state index contributed by atoms with van der Waals surface area (Å²) in [6.07, 6.45) is 8.84. The summed E-state index contributed by atoms with van der Waals surface area (Å²) < 4.78 is 0. The molecule has 200 valence electrons. The van der Waals surface area contributed by atoms with Gasteiger partial charge in [0.05, 0.1) is 0 Å². The summed E-state index contributed by atoms with van der Waals surface area (Å²) in [7, 11) is -1.71. The second-order valence-electron chi connectivity index (χ2n) is 13.1. The largest absolute Gasteiger partial charge is 0.384 e. The van der Waals surface area contributed by atoms with E-state index in [4.69, 9.17) is 0 Å². The Morgan fingerprint density at radius 3 is 1.76 bits per heavy atom. The van der Waals surface area contributed by atoms with Crippen LogP contribution >= 0.6 is 0 Å². The number of aliphatic hydroxyl groups is 1. The van der Waals surface area contributed by atoms with Crippen LogP contribution in [0.25, 0.3) is 55.3 Å². The molecule has 2 bridgehead atoms. The summed E-state index contributed by atoms with van der Waals surface area (Å²) >= 11 is 0. The van der Waals surface area contributed by atoms with Crippen molar-refractivity contribution in [2.45, 2.75) is 37.6 Å². The van der Waals surface area contributed by atoms with E-state index in [1.807, 2.05) is 6.07 Å². The van der Waals surface area contributed by atoms with E-state index in [-0.39, 0.29) is 11.8 Å². The fourth-order valence-electron chi connectivity index (χ4n) is 7.92. The van der Waals surface area contributed by atoms with Crippen LogP contribution in [0.5, 0.6) is 0 Å². The predicted octanol–water partition coefficient (Wildman–Crippen LogP) is 9.75. The van der Waals surface area contributed by atoms with E-state index in [9.17, 15) is 5.11 Å². The molecule has 2 heteroatoms. The predicted molar refractivity (Wildman–Crippen MR) is 177 cm³/mol. The van der Waals surface area contributed by atoms with E-state index in [1.165, 1.54) is 60.8 Å². The van der Waals surface area contributed by atoms with Gasteiger partial charge in [0.2, 0.25) is 0 Å². The monoisotopic (exact) mass is 554 g/mol. The van der Waals surface area contributed by atoms with Crippen LogP contribution in [0, 0.1) is 11.5 Å².